The van der Waals surface area contributed by atoms with Gasteiger partial charge in [-0.2, -0.15) is 23.4 Å². The molecule has 1 atom stereocenters. The number of hydrogen-bond acceptors (Lipinski definition) is 3. The first-order valence-corrected chi connectivity index (χ1v) is 8.81. The third kappa shape index (κ3) is 4.42. The summed E-state index contributed by atoms with van der Waals surface area (Å²) in [5.41, 5.74) is 1.44. The summed E-state index contributed by atoms with van der Waals surface area (Å²) in [4.78, 5) is 14.1. The number of fused-ring (bicyclic) bond motifs is 1. The fraction of sp³-hybridized carbons (Fsp3) is 0.588. The predicted octanol–water partition coefficient (Wildman–Crippen LogP) is 2.58. The van der Waals surface area contributed by atoms with Gasteiger partial charge in [0.2, 0.25) is 0 Å². The van der Waals surface area contributed by atoms with Crippen molar-refractivity contribution in [2.75, 3.05) is 13.1 Å². The van der Waals surface area contributed by atoms with Crippen LogP contribution in [0.15, 0.2) is 12.1 Å². The molecule has 0 saturated carbocycles. The van der Waals surface area contributed by atoms with Crippen LogP contribution in [-0.4, -0.2) is 43.6 Å². The second kappa shape index (κ2) is 7.24. The molecule has 1 aliphatic rings. The van der Waals surface area contributed by atoms with E-state index in [9.17, 15) is 18.0 Å². The Morgan fingerprint density at radius 2 is 1.93 bits per heavy atom. The summed E-state index contributed by atoms with van der Waals surface area (Å²) in [5.74, 6) is -0.202. The molecule has 1 N–H and O–H groups in total. The molecule has 148 valence electrons. The number of amides is 2. The fourth-order valence-electron chi connectivity index (χ4n) is 3.23. The number of aryl methyl sites for hydroxylation is 2. The lowest BCUT2D eigenvalue weighted by Crippen LogP contribution is -2.45. The Morgan fingerprint density at radius 3 is 2.63 bits per heavy atom. The molecular weight excluding hydrogens is 361 g/mol. The van der Waals surface area contributed by atoms with Crippen LogP contribution in [0.1, 0.15) is 29.7 Å². The highest BCUT2D eigenvalue weighted by molar-refractivity contribution is 5.74. The number of rotatable bonds is 4. The molecule has 0 aliphatic carbocycles. The van der Waals surface area contributed by atoms with Crippen LogP contribution in [0, 0.1) is 19.8 Å². The van der Waals surface area contributed by atoms with Crippen LogP contribution in [0.4, 0.5) is 18.0 Å². The van der Waals surface area contributed by atoms with Crippen LogP contribution >= 0.6 is 0 Å². The van der Waals surface area contributed by atoms with E-state index in [4.69, 9.17) is 0 Å². The second-order valence-corrected chi connectivity index (χ2v) is 7.06. The number of aromatic nitrogens is 4. The summed E-state index contributed by atoms with van der Waals surface area (Å²) >= 11 is 0. The van der Waals surface area contributed by atoms with Gasteiger partial charge in [-0.15, -0.1) is 0 Å². The molecule has 2 aromatic heterocycles. The number of carbonyl (C=O) groups excluding carboxylic acids is 1. The van der Waals surface area contributed by atoms with Crippen molar-refractivity contribution >= 4 is 6.03 Å². The van der Waals surface area contributed by atoms with Gasteiger partial charge in [0, 0.05) is 19.6 Å². The predicted molar refractivity (Wildman–Crippen MR) is 91.9 cm³/mol. The maximum atomic E-state index is 13.0. The molecule has 0 fully saturated rings. The highest BCUT2D eigenvalue weighted by Gasteiger charge is 2.35. The summed E-state index contributed by atoms with van der Waals surface area (Å²) in [6.07, 6.45) is -4.45. The third-order valence-corrected chi connectivity index (χ3v) is 4.49. The third-order valence-electron chi connectivity index (χ3n) is 4.49. The van der Waals surface area contributed by atoms with E-state index in [-0.39, 0.29) is 25.0 Å². The molecule has 3 heterocycles. The molecule has 7 nitrogen and oxygen atoms in total. The van der Waals surface area contributed by atoms with Crippen molar-refractivity contribution in [2.24, 2.45) is 5.92 Å². The van der Waals surface area contributed by atoms with Gasteiger partial charge in [0.25, 0.3) is 0 Å². The van der Waals surface area contributed by atoms with Crippen LogP contribution in [0.3, 0.4) is 0 Å². The van der Waals surface area contributed by atoms with Gasteiger partial charge in [-0.05, 0) is 31.9 Å². The lowest BCUT2D eigenvalue weighted by Gasteiger charge is -2.28. The van der Waals surface area contributed by atoms with E-state index in [1.165, 1.54) is 6.92 Å². The van der Waals surface area contributed by atoms with Gasteiger partial charge in [0.15, 0.2) is 0 Å². The molecule has 0 spiro atoms. The second-order valence-electron chi connectivity index (χ2n) is 7.06. The number of alkyl halides is 3. The molecule has 27 heavy (non-hydrogen) atoms. The van der Waals surface area contributed by atoms with E-state index in [1.807, 2.05) is 17.7 Å². The molecule has 0 radical (unpaired) electrons. The SMILES string of the molecule is Cc1cc2n(n1)CCN(C(=O)NC[C@@H](C)Cn1nc(C)cc1C(F)(F)F)C2. The molecule has 0 saturated heterocycles. The van der Waals surface area contributed by atoms with Crippen LogP contribution in [0.5, 0.6) is 0 Å². The van der Waals surface area contributed by atoms with Gasteiger partial charge in [0.05, 0.1) is 30.2 Å². The minimum Gasteiger partial charge on any atom is -0.338 e. The Morgan fingerprint density at radius 1 is 1.22 bits per heavy atom. The summed E-state index contributed by atoms with van der Waals surface area (Å²) in [7, 11) is 0. The molecule has 0 unspecified atom stereocenters. The first-order valence-electron chi connectivity index (χ1n) is 8.81. The lowest BCUT2D eigenvalue weighted by molar-refractivity contribution is -0.144. The van der Waals surface area contributed by atoms with E-state index in [0.717, 1.165) is 22.1 Å². The van der Waals surface area contributed by atoms with E-state index in [1.54, 1.807) is 11.8 Å². The normalized spacial score (nSPS) is 15.6. The Kier molecular flexibility index (Phi) is 5.16. The van der Waals surface area contributed by atoms with Gasteiger partial charge >= 0.3 is 12.2 Å². The molecule has 1 aliphatic heterocycles. The van der Waals surface area contributed by atoms with E-state index < -0.39 is 11.9 Å². The van der Waals surface area contributed by atoms with Crippen molar-refractivity contribution in [1.82, 2.24) is 29.8 Å². The Labute approximate surface area is 155 Å². The van der Waals surface area contributed by atoms with E-state index >= 15 is 0 Å². The number of urea groups is 1. The molecule has 0 aromatic carbocycles. The molecule has 3 rings (SSSR count). The summed E-state index contributed by atoms with van der Waals surface area (Å²) in [6, 6.07) is 2.75. The Hall–Kier alpha value is -2.52. The number of carbonyl (C=O) groups is 1. The maximum absolute atomic E-state index is 13.0. The maximum Gasteiger partial charge on any atom is 0.433 e. The van der Waals surface area contributed by atoms with Crippen molar-refractivity contribution in [3.8, 4) is 0 Å². The summed E-state index contributed by atoms with van der Waals surface area (Å²) in [5, 5.41) is 11.1. The quantitative estimate of drug-likeness (QED) is 0.881. The zero-order chi connectivity index (χ0) is 19.8. The molecule has 0 bridgehead atoms. The Bertz CT molecular complexity index is 825. The van der Waals surface area contributed by atoms with Crippen molar-refractivity contribution in [2.45, 2.75) is 46.6 Å². The first kappa shape index (κ1) is 19.2. The van der Waals surface area contributed by atoms with Gasteiger partial charge in [0.1, 0.15) is 5.69 Å². The highest BCUT2D eigenvalue weighted by atomic mass is 19.4. The van der Waals surface area contributed by atoms with Crippen LogP contribution in [0.2, 0.25) is 0 Å². The van der Waals surface area contributed by atoms with Crippen molar-refractivity contribution in [3.63, 3.8) is 0 Å². The van der Waals surface area contributed by atoms with Gasteiger partial charge < -0.3 is 10.2 Å². The minimum absolute atomic E-state index is 0.0783. The van der Waals surface area contributed by atoms with Gasteiger partial charge in [-0.3, -0.25) is 9.36 Å². The lowest BCUT2D eigenvalue weighted by atomic mass is 10.2. The van der Waals surface area contributed by atoms with Gasteiger partial charge in [-0.25, -0.2) is 4.79 Å². The number of nitrogens with one attached hydrogen (secondary N) is 1. The average Bonchev–Trinajstić information content (AvgIpc) is 3.12. The van der Waals surface area contributed by atoms with Crippen molar-refractivity contribution < 1.29 is 18.0 Å². The zero-order valence-corrected chi connectivity index (χ0v) is 15.5. The monoisotopic (exact) mass is 384 g/mol. The standard InChI is InChI=1S/C17H23F3N6O/c1-11(9-26-15(17(18,19)20)7-13(3)23-26)8-21-16(27)24-4-5-25-14(10-24)6-12(2)22-25/h6-7,11H,4-5,8-10H2,1-3H3,(H,21,27)/t11-/m1/s1. The van der Waals surface area contributed by atoms with Crippen LogP contribution in [0.25, 0.3) is 0 Å². The highest BCUT2D eigenvalue weighted by Crippen LogP contribution is 2.30. The number of halogens is 3. The zero-order valence-electron chi connectivity index (χ0n) is 15.5. The summed E-state index contributed by atoms with van der Waals surface area (Å²) in [6.45, 7) is 7.21. The molecular formula is C17H23F3N6O. The van der Waals surface area contributed by atoms with Crippen molar-refractivity contribution in [3.05, 3.63) is 34.9 Å². The first-order chi connectivity index (χ1) is 12.6. The smallest absolute Gasteiger partial charge is 0.338 e. The minimum atomic E-state index is -4.45. The molecule has 10 heteroatoms. The topological polar surface area (TPSA) is 68.0 Å². The van der Waals surface area contributed by atoms with Gasteiger partial charge in [-0.1, -0.05) is 6.92 Å². The summed E-state index contributed by atoms with van der Waals surface area (Å²) < 4.78 is 42.0. The molecule has 2 amide bonds. The van der Waals surface area contributed by atoms with Crippen molar-refractivity contribution in [1.29, 1.82) is 0 Å². The van der Waals surface area contributed by atoms with Crippen LogP contribution < -0.4 is 5.32 Å². The van der Waals surface area contributed by atoms with E-state index in [2.05, 4.69) is 15.5 Å². The number of hydrogen-bond donors (Lipinski definition) is 1. The largest absolute Gasteiger partial charge is 0.433 e. The average molecular weight is 384 g/mol. The fourth-order valence-corrected chi connectivity index (χ4v) is 3.23. The number of nitrogens with zero attached hydrogens (tertiary/aromatic N) is 5. The van der Waals surface area contributed by atoms with Crippen LogP contribution in [-0.2, 0) is 25.8 Å². The van der Waals surface area contributed by atoms with E-state index in [0.29, 0.717) is 25.3 Å². The Balaban J connectivity index is 1.54. The molecule has 2 aromatic rings.